The molecule has 256 valence electrons. The monoisotopic (exact) mass is 669 g/mol. The van der Waals surface area contributed by atoms with Crippen LogP contribution in [0.2, 0.25) is 0 Å². The lowest BCUT2D eigenvalue weighted by atomic mass is 9.58. The highest BCUT2D eigenvalue weighted by Gasteiger charge is 2.58. The normalized spacial score (nSPS) is 18.8. The number of para-hydroxylation sites is 2. The number of fused-ring (bicyclic) bond motifs is 4. The van der Waals surface area contributed by atoms with Gasteiger partial charge >= 0.3 is 0 Å². The summed E-state index contributed by atoms with van der Waals surface area (Å²) in [5, 5.41) is 0. The van der Waals surface area contributed by atoms with Crippen molar-refractivity contribution in [3.63, 3.8) is 0 Å². The maximum Gasteiger partial charge on any atom is 0.294 e. The minimum Gasteiger partial charge on any atom is -0.225 e. The van der Waals surface area contributed by atoms with E-state index in [1.54, 1.807) is 0 Å². The van der Waals surface area contributed by atoms with Gasteiger partial charge in [-0.15, -0.1) is 0 Å². The third-order valence-electron chi connectivity index (χ3n) is 12.0. The highest BCUT2D eigenvalue weighted by Crippen LogP contribution is 2.51. The molecule has 2 atom stereocenters. The molecule has 0 fully saturated rings. The summed E-state index contributed by atoms with van der Waals surface area (Å²) in [4.78, 5) is 0. The Morgan fingerprint density at radius 1 is 0.784 bits per heavy atom. The molecule has 0 bridgehead atoms. The van der Waals surface area contributed by atoms with Gasteiger partial charge in [0.15, 0.2) is 22.8 Å². The summed E-state index contributed by atoms with van der Waals surface area (Å²) in [6, 6.07) is 44.4. The predicted molar refractivity (Wildman–Crippen MR) is 214 cm³/mol. The Kier molecular flexibility index (Phi) is 9.48. The van der Waals surface area contributed by atoms with Crippen LogP contribution in [0.5, 0.6) is 0 Å². The molecular formula is C48H51N3+2. The van der Waals surface area contributed by atoms with Crippen LogP contribution in [-0.4, -0.2) is 4.57 Å². The second-order valence-electron chi connectivity index (χ2n) is 14.2. The Hall–Kier alpha value is -5.28. The average Bonchev–Trinajstić information content (AvgIpc) is 3.48. The van der Waals surface area contributed by atoms with Crippen LogP contribution in [0.15, 0.2) is 152 Å². The summed E-state index contributed by atoms with van der Waals surface area (Å²) in [5.41, 5.74) is 12.8. The molecule has 7 rings (SSSR count). The number of pyridine rings is 1. The van der Waals surface area contributed by atoms with Gasteiger partial charge in [0.05, 0.1) is 23.6 Å². The molecule has 0 N–H and O–H groups in total. The Balaban J connectivity index is 1.33. The standard InChI is InChI=1S/C48H51N3/c1-7-10-27-39(37-23-12-11-13-24-37)36(4)51-45-33-19-18-32-44(45)49(6)46(51)40-28-15-14-25-38(40)26-22-34-48(9-3)47(5,8-2)42-30-17-16-29-41(42)43-31-20-21-35-50(43)48/h7,10-21,23-25,27-33,35H,1,8-9,22,26,34H2,2-6H3/q+2. The average molecular weight is 670 g/mol. The van der Waals surface area contributed by atoms with Crippen LogP contribution in [0.25, 0.3) is 44.9 Å². The van der Waals surface area contributed by atoms with Gasteiger partial charge in [-0.3, -0.25) is 0 Å². The summed E-state index contributed by atoms with van der Waals surface area (Å²) >= 11 is 0. The number of benzene rings is 4. The van der Waals surface area contributed by atoms with Crippen molar-refractivity contribution >= 4 is 22.3 Å². The first kappa shape index (κ1) is 34.2. The Morgan fingerprint density at radius 2 is 1.47 bits per heavy atom. The second kappa shape index (κ2) is 14.2. The molecule has 3 heterocycles. The van der Waals surface area contributed by atoms with Gasteiger partial charge < -0.3 is 0 Å². The Bertz CT molecular complexity index is 2270. The van der Waals surface area contributed by atoms with E-state index < -0.39 is 0 Å². The van der Waals surface area contributed by atoms with Crippen LogP contribution in [-0.2, 0) is 24.4 Å². The molecule has 6 aromatic rings. The minimum atomic E-state index is -0.0391. The molecule has 0 saturated heterocycles. The van der Waals surface area contributed by atoms with E-state index >= 15 is 0 Å². The molecular weight excluding hydrogens is 619 g/mol. The van der Waals surface area contributed by atoms with Crippen molar-refractivity contribution in [1.82, 2.24) is 4.57 Å². The summed E-state index contributed by atoms with van der Waals surface area (Å²) < 4.78 is 7.48. The molecule has 2 aromatic heterocycles. The highest BCUT2D eigenvalue weighted by molar-refractivity contribution is 5.93. The van der Waals surface area contributed by atoms with E-state index in [9.17, 15) is 0 Å². The van der Waals surface area contributed by atoms with Gasteiger partial charge in [-0.1, -0.05) is 118 Å². The first-order valence-electron chi connectivity index (χ1n) is 18.6. The van der Waals surface area contributed by atoms with E-state index in [1.807, 2.05) is 12.2 Å². The van der Waals surface area contributed by atoms with Crippen LogP contribution in [0.1, 0.15) is 70.1 Å². The molecule has 0 radical (unpaired) electrons. The topological polar surface area (TPSA) is 12.7 Å². The first-order valence-corrected chi connectivity index (χ1v) is 18.6. The number of allylic oxidation sites excluding steroid dienone is 5. The van der Waals surface area contributed by atoms with Crippen molar-refractivity contribution in [2.75, 3.05) is 0 Å². The first-order chi connectivity index (χ1) is 24.9. The van der Waals surface area contributed by atoms with Crippen LogP contribution >= 0.6 is 0 Å². The Labute approximate surface area is 304 Å². The van der Waals surface area contributed by atoms with Gasteiger partial charge in [0.25, 0.3) is 5.82 Å². The van der Waals surface area contributed by atoms with Crippen LogP contribution in [0.3, 0.4) is 0 Å². The number of aromatic nitrogens is 3. The quantitative estimate of drug-likeness (QED) is 0.0962. The predicted octanol–water partition coefficient (Wildman–Crippen LogP) is 11.0. The van der Waals surface area contributed by atoms with Gasteiger partial charge in [-0.05, 0) is 80.1 Å². The molecule has 0 aliphatic carbocycles. The molecule has 0 saturated carbocycles. The lowest BCUT2D eigenvalue weighted by Gasteiger charge is -2.48. The van der Waals surface area contributed by atoms with Crippen LogP contribution < -0.4 is 9.13 Å². The number of rotatable bonds is 11. The van der Waals surface area contributed by atoms with E-state index in [1.165, 1.54) is 61.6 Å². The Morgan fingerprint density at radius 3 is 2.24 bits per heavy atom. The summed E-state index contributed by atoms with van der Waals surface area (Å²) in [6.45, 7) is 13.5. The maximum atomic E-state index is 3.98. The van der Waals surface area contributed by atoms with Gasteiger partial charge in [0.2, 0.25) is 5.69 Å². The van der Waals surface area contributed by atoms with Crippen molar-refractivity contribution in [3.05, 3.63) is 169 Å². The molecule has 2 unspecified atom stereocenters. The van der Waals surface area contributed by atoms with Gasteiger partial charge in [-0.2, -0.15) is 9.13 Å². The van der Waals surface area contributed by atoms with Crippen LogP contribution in [0.4, 0.5) is 0 Å². The fourth-order valence-electron chi connectivity index (χ4n) is 9.20. The number of hydrogen-bond acceptors (Lipinski definition) is 0. The van der Waals surface area contributed by atoms with E-state index in [4.69, 9.17) is 0 Å². The fourth-order valence-corrected chi connectivity index (χ4v) is 9.20. The molecule has 0 amide bonds. The van der Waals surface area contributed by atoms with E-state index in [-0.39, 0.29) is 11.0 Å². The van der Waals surface area contributed by atoms with Crippen molar-refractivity contribution in [2.45, 2.75) is 70.8 Å². The summed E-state index contributed by atoms with van der Waals surface area (Å²) in [6.07, 6.45) is 13.8. The molecule has 4 aromatic carbocycles. The van der Waals surface area contributed by atoms with E-state index in [0.29, 0.717) is 0 Å². The SMILES string of the molecule is C=CC=CC(=C(C)n1c(-c2ccccc2CCCC2(CC)[n+]3ccccc3-c3ccccc3C2(C)CC)[n+](C)c2ccccc21)c1ccccc1. The smallest absolute Gasteiger partial charge is 0.225 e. The minimum absolute atomic E-state index is 0.00441. The zero-order chi connectivity index (χ0) is 35.6. The molecule has 1 aliphatic rings. The van der Waals surface area contributed by atoms with Crippen molar-refractivity contribution in [3.8, 4) is 22.6 Å². The fraction of sp³-hybridized carbons (Fsp3) is 0.250. The lowest BCUT2D eigenvalue weighted by molar-refractivity contribution is -0.770. The van der Waals surface area contributed by atoms with Gasteiger partial charge in [-0.25, -0.2) is 4.57 Å². The van der Waals surface area contributed by atoms with E-state index in [2.05, 4.69) is 189 Å². The highest BCUT2D eigenvalue weighted by atomic mass is 15.2. The lowest BCUT2D eigenvalue weighted by Crippen LogP contribution is -2.69. The molecule has 3 heteroatoms. The zero-order valence-electron chi connectivity index (χ0n) is 30.9. The second-order valence-corrected chi connectivity index (χ2v) is 14.2. The number of nitrogens with zero attached hydrogens (tertiary/aromatic N) is 3. The third-order valence-corrected chi connectivity index (χ3v) is 12.0. The van der Waals surface area contributed by atoms with Gasteiger partial charge in [0, 0.05) is 30.5 Å². The maximum absolute atomic E-state index is 3.98. The molecule has 51 heavy (non-hydrogen) atoms. The third kappa shape index (κ3) is 5.60. The summed E-state index contributed by atoms with van der Waals surface area (Å²) in [5.74, 6) is 1.19. The molecule has 1 aliphatic heterocycles. The summed E-state index contributed by atoms with van der Waals surface area (Å²) in [7, 11) is 2.21. The van der Waals surface area contributed by atoms with Gasteiger partial charge in [0.1, 0.15) is 5.70 Å². The number of hydrogen-bond donors (Lipinski definition) is 0. The number of imidazole rings is 1. The van der Waals surface area contributed by atoms with Crippen molar-refractivity contribution < 1.29 is 9.13 Å². The molecule has 3 nitrogen and oxygen atoms in total. The van der Waals surface area contributed by atoms with Crippen molar-refractivity contribution in [1.29, 1.82) is 0 Å². The molecule has 0 spiro atoms. The van der Waals surface area contributed by atoms with E-state index in [0.717, 1.165) is 32.1 Å². The zero-order valence-corrected chi connectivity index (χ0v) is 30.9. The van der Waals surface area contributed by atoms with Crippen LogP contribution in [0, 0.1) is 0 Å². The number of aryl methyl sites for hydroxylation is 2. The van der Waals surface area contributed by atoms with Crippen molar-refractivity contribution in [2.24, 2.45) is 7.05 Å². The largest absolute Gasteiger partial charge is 0.294 e.